The molecule has 0 aromatic rings. The molecule has 1 atom stereocenters. The molecule has 0 aliphatic rings. The Bertz CT molecular complexity index is 85.7. The quantitative estimate of drug-likeness (QED) is 0.388. The van der Waals surface area contributed by atoms with Crippen molar-refractivity contribution in [3.63, 3.8) is 0 Å². The fourth-order valence-electron chi connectivity index (χ4n) is 0.263. The summed E-state index contributed by atoms with van der Waals surface area (Å²) < 4.78 is 0. The number of carboxylic acids is 1. The van der Waals surface area contributed by atoms with E-state index in [-0.39, 0.29) is 13.0 Å². The predicted octanol–water partition coefficient (Wildman–Crippen LogP) is -1.61. The largest absolute Gasteiger partial charge is 0.480 e. The molecule has 0 aromatic heterocycles. The van der Waals surface area contributed by atoms with Crippen LogP contribution in [0.2, 0.25) is 0 Å². The number of aliphatic hydroxyl groups is 2. The van der Waals surface area contributed by atoms with E-state index in [9.17, 15) is 4.79 Å². The summed E-state index contributed by atoms with van der Waals surface area (Å²) in [6.45, 7) is -0.173. The van der Waals surface area contributed by atoms with Crippen LogP contribution < -0.4 is 5.73 Å². The highest BCUT2D eigenvalue weighted by molar-refractivity contribution is 5.72. The standard InChI is InChI=1S/C4H9NO3.CH4O/c5-3(1-2-6)4(7)8;1-2/h3,6H,1-2,5H2,(H,7,8);2H,1H3/t3-;/m1./s1. The van der Waals surface area contributed by atoms with Gasteiger partial charge >= 0.3 is 5.97 Å². The number of nitrogens with two attached hydrogens (primary N) is 1. The molecule has 0 aliphatic carbocycles. The van der Waals surface area contributed by atoms with Crippen LogP contribution in [-0.4, -0.2) is 41.0 Å². The zero-order valence-electron chi connectivity index (χ0n) is 5.82. The van der Waals surface area contributed by atoms with Crippen LogP contribution in [-0.2, 0) is 4.79 Å². The summed E-state index contributed by atoms with van der Waals surface area (Å²) in [5.74, 6) is -1.07. The first kappa shape index (κ1) is 12.1. The van der Waals surface area contributed by atoms with E-state index in [4.69, 9.17) is 21.1 Å². The van der Waals surface area contributed by atoms with Crippen LogP contribution >= 0.6 is 0 Å². The Morgan fingerprint density at radius 1 is 1.60 bits per heavy atom. The van der Waals surface area contributed by atoms with E-state index in [1.54, 1.807) is 0 Å². The minimum Gasteiger partial charge on any atom is -0.480 e. The number of carbonyl (C=O) groups is 1. The summed E-state index contributed by atoms with van der Waals surface area (Å²) >= 11 is 0. The molecule has 10 heavy (non-hydrogen) atoms. The normalized spacial score (nSPS) is 11.2. The molecule has 5 N–H and O–H groups in total. The Balaban J connectivity index is 0. The number of rotatable bonds is 3. The van der Waals surface area contributed by atoms with Crippen LogP contribution in [0.4, 0.5) is 0 Å². The van der Waals surface area contributed by atoms with Crippen molar-refractivity contribution in [2.45, 2.75) is 12.5 Å². The van der Waals surface area contributed by atoms with Crippen molar-refractivity contribution >= 4 is 5.97 Å². The van der Waals surface area contributed by atoms with Gasteiger partial charge in [-0.25, -0.2) is 0 Å². The van der Waals surface area contributed by atoms with Crippen molar-refractivity contribution in [1.82, 2.24) is 0 Å². The Labute approximate surface area is 59.1 Å². The van der Waals surface area contributed by atoms with Gasteiger partial charge in [-0.3, -0.25) is 4.79 Å². The van der Waals surface area contributed by atoms with Gasteiger partial charge in [0.15, 0.2) is 0 Å². The second-order valence-corrected chi connectivity index (χ2v) is 1.46. The Morgan fingerprint density at radius 3 is 2.10 bits per heavy atom. The number of aliphatic carboxylic acids is 1. The third-order valence-corrected chi connectivity index (χ3v) is 0.757. The monoisotopic (exact) mass is 151 g/mol. The molecule has 0 fully saturated rings. The number of hydrogen-bond donors (Lipinski definition) is 4. The maximum Gasteiger partial charge on any atom is 0.320 e. The summed E-state index contributed by atoms with van der Waals surface area (Å²) in [5, 5.41) is 23.2. The molecule has 62 valence electrons. The second kappa shape index (κ2) is 8.35. The first-order valence-electron chi connectivity index (χ1n) is 2.72. The van der Waals surface area contributed by atoms with E-state index in [0.29, 0.717) is 0 Å². The number of aliphatic hydroxyl groups excluding tert-OH is 2. The van der Waals surface area contributed by atoms with Crippen molar-refractivity contribution < 1.29 is 20.1 Å². The van der Waals surface area contributed by atoms with Gasteiger partial charge in [0.2, 0.25) is 0 Å². The smallest absolute Gasteiger partial charge is 0.320 e. The fourth-order valence-corrected chi connectivity index (χ4v) is 0.263. The van der Waals surface area contributed by atoms with Gasteiger partial charge in [-0.05, 0) is 6.42 Å². The van der Waals surface area contributed by atoms with Crippen molar-refractivity contribution in [2.24, 2.45) is 5.73 Å². The molecule has 0 aliphatic heterocycles. The lowest BCUT2D eigenvalue weighted by Gasteiger charge is -2.00. The van der Waals surface area contributed by atoms with Crippen LogP contribution in [0.5, 0.6) is 0 Å². The highest BCUT2D eigenvalue weighted by Crippen LogP contribution is 1.83. The second-order valence-electron chi connectivity index (χ2n) is 1.46. The lowest BCUT2D eigenvalue weighted by Crippen LogP contribution is -2.30. The molecule has 0 saturated carbocycles. The minimum absolute atomic E-state index is 0.120. The SMILES string of the molecule is CO.N[C@H](CCO)C(=O)O. The van der Waals surface area contributed by atoms with Gasteiger partial charge in [-0.2, -0.15) is 0 Å². The molecule has 0 aromatic carbocycles. The Morgan fingerprint density at radius 2 is 2.00 bits per heavy atom. The highest BCUT2D eigenvalue weighted by Gasteiger charge is 2.08. The van der Waals surface area contributed by atoms with Gasteiger partial charge in [0.1, 0.15) is 6.04 Å². The third-order valence-electron chi connectivity index (χ3n) is 0.757. The van der Waals surface area contributed by atoms with Crippen molar-refractivity contribution in [3.05, 3.63) is 0 Å². The van der Waals surface area contributed by atoms with Gasteiger partial charge < -0.3 is 21.1 Å². The average molecular weight is 151 g/mol. The van der Waals surface area contributed by atoms with Crippen LogP contribution in [0.25, 0.3) is 0 Å². The summed E-state index contributed by atoms with van der Waals surface area (Å²) in [6.07, 6.45) is 0.120. The van der Waals surface area contributed by atoms with Crippen LogP contribution in [0.15, 0.2) is 0 Å². The average Bonchev–Trinajstić information content (AvgIpc) is 1.93. The molecule has 5 heteroatoms. The lowest BCUT2D eigenvalue weighted by atomic mass is 10.2. The van der Waals surface area contributed by atoms with E-state index in [1.807, 2.05) is 0 Å². The fraction of sp³-hybridized carbons (Fsp3) is 0.800. The van der Waals surface area contributed by atoms with E-state index in [2.05, 4.69) is 0 Å². The maximum absolute atomic E-state index is 9.85. The molecular formula is C5H13NO4. The molecule has 0 amide bonds. The van der Waals surface area contributed by atoms with Crippen LogP contribution in [0.3, 0.4) is 0 Å². The molecule has 0 heterocycles. The molecular weight excluding hydrogens is 138 g/mol. The first-order valence-corrected chi connectivity index (χ1v) is 2.72. The van der Waals surface area contributed by atoms with Crippen molar-refractivity contribution in [3.8, 4) is 0 Å². The molecule has 0 radical (unpaired) electrons. The van der Waals surface area contributed by atoms with E-state index in [0.717, 1.165) is 7.11 Å². The maximum atomic E-state index is 9.85. The Kier molecular flexibility index (Phi) is 10.1. The lowest BCUT2D eigenvalue weighted by molar-refractivity contribution is -0.138. The minimum atomic E-state index is -1.07. The van der Waals surface area contributed by atoms with Gasteiger partial charge in [-0.15, -0.1) is 0 Å². The van der Waals surface area contributed by atoms with Crippen LogP contribution in [0, 0.1) is 0 Å². The molecule has 0 spiro atoms. The van der Waals surface area contributed by atoms with Gasteiger partial charge in [0.25, 0.3) is 0 Å². The topological polar surface area (TPSA) is 104 Å². The van der Waals surface area contributed by atoms with Gasteiger partial charge in [0.05, 0.1) is 0 Å². The summed E-state index contributed by atoms with van der Waals surface area (Å²) in [7, 11) is 1.00. The molecule has 5 nitrogen and oxygen atoms in total. The zero-order chi connectivity index (χ0) is 8.57. The molecule has 0 unspecified atom stereocenters. The van der Waals surface area contributed by atoms with Gasteiger partial charge in [-0.1, -0.05) is 0 Å². The number of hydrogen-bond acceptors (Lipinski definition) is 4. The molecule has 0 bridgehead atoms. The number of carboxylic acid groups (broad SMARTS) is 1. The Hall–Kier alpha value is -0.650. The van der Waals surface area contributed by atoms with Crippen molar-refractivity contribution in [1.29, 1.82) is 0 Å². The van der Waals surface area contributed by atoms with E-state index in [1.165, 1.54) is 0 Å². The summed E-state index contributed by atoms with van der Waals surface area (Å²) in [4.78, 5) is 9.85. The molecule has 0 saturated heterocycles. The van der Waals surface area contributed by atoms with Crippen LogP contribution in [0.1, 0.15) is 6.42 Å². The molecule has 0 rings (SSSR count). The summed E-state index contributed by atoms with van der Waals surface area (Å²) in [6, 6.07) is -0.917. The van der Waals surface area contributed by atoms with E-state index < -0.39 is 12.0 Å². The zero-order valence-corrected chi connectivity index (χ0v) is 5.82. The highest BCUT2D eigenvalue weighted by atomic mass is 16.4. The first-order chi connectivity index (χ1) is 4.68. The summed E-state index contributed by atoms with van der Waals surface area (Å²) in [5.41, 5.74) is 4.97. The van der Waals surface area contributed by atoms with Gasteiger partial charge in [0, 0.05) is 13.7 Å². The van der Waals surface area contributed by atoms with E-state index >= 15 is 0 Å². The predicted molar refractivity (Wildman–Crippen MR) is 35.5 cm³/mol. The third kappa shape index (κ3) is 7.35. The van der Waals surface area contributed by atoms with Crippen molar-refractivity contribution in [2.75, 3.05) is 13.7 Å².